The van der Waals surface area contributed by atoms with Crippen LogP contribution in [0.15, 0.2) is 53.0 Å². The minimum atomic E-state index is -0.306. The molecule has 0 fully saturated rings. The second-order valence-electron chi connectivity index (χ2n) is 6.87. The van der Waals surface area contributed by atoms with Crippen LogP contribution in [-0.2, 0) is 17.8 Å². The number of guanidine groups is 1. The van der Waals surface area contributed by atoms with E-state index in [1.807, 2.05) is 30.3 Å². The topological polar surface area (TPSA) is 71.9 Å². The van der Waals surface area contributed by atoms with Crippen molar-refractivity contribution in [2.24, 2.45) is 4.99 Å². The molecule has 0 spiro atoms. The summed E-state index contributed by atoms with van der Waals surface area (Å²) >= 11 is 1.59. The molecule has 1 atom stereocenters. The molecule has 0 aliphatic rings. The van der Waals surface area contributed by atoms with E-state index in [0.717, 1.165) is 22.2 Å². The van der Waals surface area contributed by atoms with Gasteiger partial charge in [0, 0.05) is 45.4 Å². The zero-order valence-corrected chi connectivity index (χ0v) is 18.8. The van der Waals surface area contributed by atoms with Crippen molar-refractivity contribution in [3.05, 3.63) is 70.1 Å². The molecule has 3 rings (SSSR count). The Morgan fingerprint density at radius 2 is 2.03 bits per heavy atom. The summed E-state index contributed by atoms with van der Waals surface area (Å²) in [5.74, 6) is 1.43. The maximum atomic E-state index is 13.0. The van der Waals surface area contributed by atoms with E-state index in [4.69, 9.17) is 9.47 Å². The number of rotatable bonds is 8. The van der Waals surface area contributed by atoms with Gasteiger partial charge in [0.15, 0.2) is 5.96 Å². The summed E-state index contributed by atoms with van der Waals surface area (Å²) < 4.78 is 23.9. The second-order valence-corrected chi connectivity index (χ2v) is 7.76. The lowest BCUT2D eigenvalue weighted by Crippen LogP contribution is -2.38. The number of hydrogen-bond acceptors (Lipinski definition) is 6. The second kappa shape index (κ2) is 10.8. The van der Waals surface area contributed by atoms with Gasteiger partial charge >= 0.3 is 0 Å². The van der Waals surface area contributed by atoms with Gasteiger partial charge in [-0.2, -0.15) is 0 Å². The number of nitrogens with zero attached hydrogens (tertiary/aromatic N) is 4. The zero-order chi connectivity index (χ0) is 22.2. The monoisotopic (exact) mass is 443 g/mol. The van der Waals surface area contributed by atoms with Crippen molar-refractivity contribution in [1.29, 1.82) is 0 Å². The van der Waals surface area contributed by atoms with E-state index in [1.54, 1.807) is 49.9 Å². The summed E-state index contributed by atoms with van der Waals surface area (Å²) in [7, 11) is 5.39. The number of aliphatic imine (C=N–C) groups is 1. The van der Waals surface area contributed by atoms with E-state index >= 15 is 0 Å². The maximum absolute atomic E-state index is 13.0. The molecule has 0 radical (unpaired) electrons. The molecule has 0 saturated carbocycles. The van der Waals surface area contributed by atoms with Crippen LogP contribution in [0.3, 0.4) is 0 Å². The van der Waals surface area contributed by atoms with Crippen molar-refractivity contribution in [3.63, 3.8) is 0 Å². The molecule has 0 amide bonds. The van der Waals surface area contributed by atoms with Gasteiger partial charge in [-0.15, -0.1) is 11.3 Å². The molecule has 2 heterocycles. The van der Waals surface area contributed by atoms with Crippen LogP contribution in [0.1, 0.15) is 29.3 Å². The lowest BCUT2D eigenvalue weighted by Gasteiger charge is -2.21. The van der Waals surface area contributed by atoms with Crippen molar-refractivity contribution in [3.8, 4) is 11.6 Å². The van der Waals surface area contributed by atoms with Gasteiger partial charge in [0.1, 0.15) is 22.7 Å². The lowest BCUT2D eigenvalue weighted by molar-refractivity contribution is 0.119. The first-order chi connectivity index (χ1) is 15.0. The highest BCUT2D eigenvalue weighted by atomic mass is 32.1. The van der Waals surface area contributed by atoms with Gasteiger partial charge in [-0.1, -0.05) is 6.07 Å². The first kappa shape index (κ1) is 22.6. The van der Waals surface area contributed by atoms with Crippen LogP contribution >= 0.6 is 11.3 Å². The molecule has 0 saturated heterocycles. The van der Waals surface area contributed by atoms with Crippen molar-refractivity contribution in [1.82, 2.24) is 20.2 Å². The first-order valence-electron chi connectivity index (χ1n) is 9.75. The number of benzene rings is 1. The van der Waals surface area contributed by atoms with E-state index in [9.17, 15) is 4.39 Å². The highest BCUT2D eigenvalue weighted by molar-refractivity contribution is 7.09. The van der Waals surface area contributed by atoms with Gasteiger partial charge in [0.25, 0.3) is 0 Å². The highest BCUT2D eigenvalue weighted by Crippen LogP contribution is 2.21. The minimum Gasteiger partial charge on any atom is -0.439 e. The molecule has 1 aromatic carbocycles. The molecule has 164 valence electrons. The van der Waals surface area contributed by atoms with E-state index in [2.05, 4.69) is 20.3 Å². The molecular formula is C22H26FN5O2S. The van der Waals surface area contributed by atoms with Gasteiger partial charge in [-0.25, -0.2) is 14.4 Å². The maximum Gasteiger partial charge on any atom is 0.219 e. The standard InChI is InChI=1S/C22H26FN5O2S/c1-15(29-4)21-27-18(14-31-21)13-28(3)22(24-2)26-12-16-5-10-20(25-11-16)30-19-8-6-17(23)7-9-19/h5-11,14-15H,12-13H2,1-4H3,(H,24,26). The van der Waals surface area contributed by atoms with Crippen molar-refractivity contribution >= 4 is 17.3 Å². The third-order valence-electron chi connectivity index (χ3n) is 4.53. The number of methoxy groups -OCH3 is 1. The molecule has 0 aliphatic carbocycles. The van der Waals surface area contributed by atoms with Gasteiger partial charge < -0.3 is 19.7 Å². The number of hydrogen-bond donors (Lipinski definition) is 1. The van der Waals surface area contributed by atoms with E-state index in [0.29, 0.717) is 24.7 Å². The average molecular weight is 444 g/mol. The molecule has 3 aromatic rings. The molecule has 1 unspecified atom stereocenters. The Morgan fingerprint density at radius 3 is 2.68 bits per heavy atom. The summed E-state index contributed by atoms with van der Waals surface area (Å²) in [5, 5.41) is 6.33. The SMILES string of the molecule is CN=C(NCc1ccc(Oc2ccc(F)cc2)nc1)N(C)Cc1csc(C(C)OC)n1. The molecule has 7 nitrogen and oxygen atoms in total. The van der Waals surface area contributed by atoms with Crippen molar-refractivity contribution in [2.45, 2.75) is 26.1 Å². The number of nitrogens with one attached hydrogen (secondary N) is 1. The van der Waals surface area contributed by atoms with E-state index in [-0.39, 0.29) is 11.9 Å². The Morgan fingerprint density at radius 1 is 1.26 bits per heavy atom. The fraction of sp³-hybridized carbons (Fsp3) is 0.318. The van der Waals surface area contributed by atoms with Gasteiger partial charge in [-0.3, -0.25) is 4.99 Å². The van der Waals surface area contributed by atoms with Gasteiger partial charge in [0.2, 0.25) is 5.88 Å². The van der Waals surface area contributed by atoms with Crippen LogP contribution in [0.4, 0.5) is 4.39 Å². The normalized spacial score (nSPS) is 12.5. The molecule has 0 aliphatic heterocycles. The number of ether oxygens (including phenoxy) is 2. The molecule has 31 heavy (non-hydrogen) atoms. The van der Waals surface area contributed by atoms with E-state index in [1.165, 1.54) is 12.1 Å². The van der Waals surface area contributed by atoms with Crippen LogP contribution in [-0.4, -0.2) is 42.0 Å². The summed E-state index contributed by atoms with van der Waals surface area (Å²) in [6.07, 6.45) is 1.72. The summed E-state index contributed by atoms with van der Waals surface area (Å²) in [5.41, 5.74) is 1.95. The molecule has 0 bridgehead atoms. The summed E-state index contributed by atoms with van der Waals surface area (Å²) in [6, 6.07) is 9.52. The number of pyridine rings is 1. The Hall–Kier alpha value is -3.04. The third kappa shape index (κ3) is 6.47. The highest BCUT2D eigenvalue weighted by Gasteiger charge is 2.13. The smallest absolute Gasteiger partial charge is 0.219 e. The van der Waals surface area contributed by atoms with Crippen LogP contribution in [0.5, 0.6) is 11.6 Å². The summed E-state index contributed by atoms with van der Waals surface area (Å²) in [6.45, 7) is 3.18. The molecular weight excluding hydrogens is 417 g/mol. The minimum absolute atomic E-state index is 0.0102. The Bertz CT molecular complexity index is 992. The van der Waals surface area contributed by atoms with E-state index < -0.39 is 0 Å². The van der Waals surface area contributed by atoms with Gasteiger partial charge in [-0.05, 0) is 36.8 Å². The summed E-state index contributed by atoms with van der Waals surface area (Å²) in [4.78, 5) is 15.3. The van der Waals surface area contributed by atoms with Crippen LogP contribution in [0, 0.1) is 5.82 Å². The Balaban J connectivity index is 1.52. The number of aromatic nitrogens is 2. The van der Waals surface area contributed by atoms with Crippen LogP contribution in [0.2, 0.25) is 0 Å². The predicted molar refractivity (Wildman–Crippen MR) is 120 cm³/mol. The lowest BCUT2D eigenvalue weighted by atomic mass is 10.3. The fourth-order valence-corrected chi connectivity index (χ4v) is 3.61. The Kier molecular flexibility index (Phi) is 7.91. The number of thiazole rings is 1. The van der Waals surface area contributed by atoms with Crippen LogP contribution < -0.4 is 10.1 Å². The molecule has 2 aromatic heterocycles. The van der Waals surface area contributed by atoms with Crippen molar-refractivity contribution in [2.75, 3.05) is 21.2 Å². The molecule has 1 N–H and O–H groups in total. The quantitative estimate of drug-likeness (QED) is 0.411. The van der Waals surface area contributed by atoms with Gasteiger partial charge in [0.05, 0.1) is 12.2 Å². The average Bonchev–Trinajstić information content (AvgIpc) is 3.24. The zero-order valence-electron chi connectivity index (χ0n) is 18.0. The largest absolute Gasteiger partial charge is 0.439 e. The predicted octanol–water partition coefficient (Wildman–Crippen LogP) is 4.38. The molecule has 9 heteroatoms. The third-order valence-corrected chi connectivity index (χ3v) is 5.58. The number of halogens is 1. The van der Waals surface area contributed by atoms with Crippen LogP contribution in [0.25, 0.3) is 0 Å². The van der Waals surface area contributed by atoms with Crippen molar-refractivity contribution < 1.29 is 13.9 Å². The fourth-order valence-electron chi connectivity index (χ4n) is 2.77. The Labute approximate surface area is 185 Å². The first-order valence-corrected chi connectivity index (χ1v) is 10.6.